The quantitative estimate of drug-likeness (QED) is 0.361. The molecular formula is C19H16N4O6. The third kappa shape index (κ3) is 4.21. The summed E-state index contributed by atoms with van der Waals surface area (Å²) in [5.74, 6) is -0.405. The summed E-state index contributed by atoms with van der Waals surface area (Å²) in [6.45, 7) is 0. The maximum atomic E-state index is 12.0. The zero-order chi connectivity index (χ0) is 20.8. The van der Waals surface area contributed by atoms with Crippen molar-refractivity contribution in [3.05, 3.63) is 70.5 Å². The molecule has 0 amide bonds. The average molecular weight is 396 g/mol. The number of benzene rings is 2. The number of nitrogens with one attached hydrogen (secondary N) is 1. The van der Waals surface area contributed by atoms with Crippen molar-refractivity contribution in [3.63, 3.8) is 0 Å². The van der Waals surface area contributed by atoms with Gasteiger partial charge in [0.1, 0.15) is 6.33 Å². The summed E-state index contributed by atoms with van der Waals surface area (Å²) in [5, 5.41) is 14.5. The number of anilines is 2. The number of carbonyl (C=O) groups excluding carboxylic acids is 1. The van der Waals surface area contributed by atoms with Gasteiger partial charge in [-0.25, -0.2) is 9.78 Å². The van der Waals surface area contributed by atoms with Crippen LogP contribution in [0, 0.1) is 10.1 Å². The maximum Gasteiger partial charge on any atom is 0.373 e. The lowest BCUT2D eigenvalue weighted by atomic mass is 10.2. The third-order valence-electron chi connectivity index (χ3n) is 3.83. The molecule has 0 aliphatic rings. The van der Waals surface area contributed by atoms with Crippen molar-refractivity contribution in [3.8, 4) is 17.4 Å². The van der Waals surface area contributed by atoms with Gasteiger partial charge in [0.25, 0.3) is 0 Å². The predicted molar refractivity (Wildman–Crippen MR) is 103 cm³/mol. The van der Waals surface area contributed by atoms with Crippen LogP contribution in [-0.2, 0) is 4.74 Å². The average Bonchev–Trinajstić information content (AvgIpc) is 2.74. The molecule has 29 heavy (non-hydrogen) atoms. The highest BCUT2D eigenvalue weighted by atomic mass is 16.6. The van der Waals surface area contributed by atoms with Crippen LogP contribution in [0.1, 0.15) is 10.4 Å². The fraction of sp³-hybridized carbons (Fsp3) is 0.105. The number of methoxy groups -OCH3 is 2. The van der Waals surface area contributed by atoms with Crippen LogP contribution in [0.2, 0.25) is 0 Å². The van der Waals surface area contributed by atoms with Gasteiger partial charge in [-0.15, -0.1) is 0 Å². The van der Waals surface area contributed by atoms with E-state index in [1.807, 2.05) is 0 Å². The molecule has 0 fully saturated rings. The maximum absolute atomic E-state index is 12.0. The Morgan fingerprint density at radius 1 is 1.03 bits per heavy atom. The molecule has 1 aromatic heterocycles. The van der Waals surface area contributed by atoms with Gasteiger partial charge in [0.05, 0.1) is 30.4 Å². The lowest BCUT2D eigenvalue weighted by molar-refractivity contribution is -0.385. The zero-order valence-electron chi connectivity index (χ0n) is 15.5. The van der Waals surface area contributed by atoms with Crippen molar-refractivity contribution < 1.29 is 23.9 Å². The molecule has 0 bridgehead atoms. The van der Waals surface area contributed by atoms with Gasteiger partial charge in [0, 0.05) is 0 Å². The number of ether oxygens (including phenoxy) is 3. The van der Waals surface area contributed by atoms with Crippen LogP contribution in [0.25, 0.3) is 0 Å². The summed E-state index contributed by atoms with van der Waals surface area (Å²) in [4.78, 5) is 30.8. The summed E-state index contributed by atoms with van der Waals surface area (Å²) in [6, 6.07) is 13.0. The summed E-state index contributed by atoms with van der Waals surface area (Å²) in [6.07, 6.45) is 1.11. The second kappa shape index (κ2) is 8.65. The molecule has 10 heteroatoms. The van der Waals surface area contributed by atoms with E-state index >= 15 is 0 Å². The smallest absolute Gasteiger partial charge is 0.373 e. The molecule has 0 aliphatic carbocycles. The molecule has 0 unspecified atom stereocenters. The number of aromatic nitrogens is 2. The van der Waals surface area contributed by atoms with E-state index in [0.717, 1.165) is 6.33 Å². The van der Waals surface area contributed by atoms with Crippen LogP contribution in [-0.4, -0.2) is 35.1 Å². The first-order valence-corrected chi connectivity index (χ1v) is 8.29. The Balaban J connectivity index is 2.03. The fourth-order valence-electron chi connectivity index (χ4n) is 2.51. The highest BCUT2D eigenvalue weighted by molar-refractivity contribution is 5.96. The minimum Gasteiger partial charge on any atom is -0.493 e. The van der Waals surface area contributed by atoms with Crippen LogP contribution < -0.4 is 14.8 Å². The molecule has 2 aromatic carbocycles. The van der Waals surface area contributed by atoms with Gasteiger partial charge < -0.3 is 19.5 Å². The topological polar surface area (TPSA) is 126 Å². The molecule has 0 atom stereocenters. The van der Waals surface area contributed by atoms with E-state index in [0.29, 0.717) is 5.75 Å². The zero-order valence-corrected chi connectivity index (χ0v) is 15.5. The lowest BCUT2D eigenvalue weighted by Crippen LogP contribution is -2.08. The summed E-state index contributed by atoms with van der Waals surface area (Å²) >= 11 is 0. The molecule has 3 aromatic rings. The minimum absolute atomic E-state index is 0.147. The monoisotopic (exact) mass is 396 g/mol. The van der Waals surface area contributed by atoms with Gasteiger partial charge in [0.2, 0.25) is 5.82 Å². The first-order chi connectivity index (χ1) is 14.0. The number of para-hydroxylation sites is 3. The van der Waals surface area contributed by atoms with Crippen LogP contribution >= 0.6 is 0 Å². The minimum atomic E-state index is -0.673. The van der Waals surface area contributed by atoms with E-state index in [-0.39, 0.29) is 28.7 Å². The first-order valence-electron chi connectivity index (χ1n) is 8.29. The molecule has 1 N–H and O–H groups in total. The fourth-order valence-corrected chi connectivity index (χ4v) is 2.51. The standard InChI is InChI=1S/C19H16N4O6/c1-27-14-9-5-6-10-15(14)29-18-16(23(25)26)17(20-11-21-18)22-13-8-4-3-7-12(13)19(24)28-2/h3-11H,1-2H3,(H,20,21,22). The summed E-state index contributed by atoms with van der Waals surface area (Å²) < 4.78 is 15.6. The normalized spacial score (nSPS) is 10.1. The molecule has 0 aliphatic heterocycles. The summed E-state index contributed by atoms with van der Waals surface area (Å²) in [5.41, 5.74) is -0.0300. The van der Waals surface area contributed by atoms with Gasteiger partial charge in [0.15, 0.2) is 11.5 Å². The molecule has 148 valence electrons. The second-order valence-electron chi connectivity index (χ2n) is 5.55. The lowest BCUT2D eigenvalue weighted by Gasteiger charge is -2.12. The van der Waals surface area contributed by atoms with Crippen LogP contribution in [0.3, 0.4) is 0 Å². The molecule has 0 saturated carbocycles. The third-order valence-corrected chi connectivity index (χ3v) is 3.83. The van der Waals surface area contributed by atoms with E-state index in [4.69, 9.17) is 14.2 Å². The molecular weight excluding hydrogens is 380 g/mol. The number of hydrogen-bond acceptors (Lipinski definition) is 9. The number of rotatable bonds is 7. The Kier molecular flexibility index (Phi) is 5.83. The van der Waals surface area contributed by atoms with Gasteiger partial charge >= 0.3 is 17.5 Å². The van der Waals surface area contributed by atoms with E-state index in [1.54, 1.807) is 42.5 Å². The van der Waals surface area contributed by atoms with Crippen LogP contribution in [0.5, 0.6) is 17.4 Å². The molecule has 1 heterocycles. The summed E-state index contributed by atoms with van der Waals surface area (Å²) in [7, 11) is 2.69. The Morgan fingerprint density at radius 3 is 2.41 bits per heavy atom. The Bertz CT molecular complexity index is 1060. The predicted octanol–water partition coefficient (Wildman–Crippen LogP) is 3.72. The first kappa shape index (κ1) is 19.5. The number of esters is 1. The van der Waals surface area contributed by atoms with Crippen molar-refractivity contribution in [1.82, 2.24) is 9.97 Å². The Hall–Kier alpha value is -4.21. The van der Waals surface area contributed by atoms with E-state index in [2.05, 4.69) is 15.3 Å². The van der Waals surface area contributed by atoms with Gasteiger partial charge in [-0.1, -0.05) is 24.3 Å². The highest BCUT2D eigenvalue weighted by Gasteiger charge is 2.27. The van der Waals surface area contributed by atoms with Crippen molar-refractivity contribution in [2.45, 2.75) is 0 Å². The number of carbonyl (C=O) groups is 1. The Morgan fingerprint density at radius 2 is 1.72 bits per heavy atom. The Labute approximate surface area is 165 Å². The molecule has 0 saturated heterocycles. The van der Waals surface area contributed by atoms with E-state index in [9.17, 15) is 14.9 Å². The van der Waals surface area contributed by atoms with E-state index < -0.39 is 16.6 Å². The van der Waals surface area contributed by atoms with Crippen molar-refractivity contribution in [1.29, 1.82) is 0 Å². The van der Waals surface area contributed by atoms with E-state index in [1.165, 1.54) is 20.3 Å². The molecule has 0 spiro atoms. The molecule has 3 rings (SSSR count). The largest absolute Gasteiger partial charge is 0.493 e. The SMILES string of the molecule is COC(=O)c1ccccc1Nc1ncnc(Oc2ccccc2OC)c1[N+](=O)[O-]. The van der Waals surface area contributed by atoms with Gasteiger partial charge in [-0.05, 0) is 24.3 Å². The van der Waals surface area contributed by atoms with Crippen LogP contribution in [0.4, 0.5) is 17.2 Å². The van der Waals surface area contributed by atoms with Crippen LogP contribution in [0.15, 0.2) is 54.9 Å². The van der Waals surface area contributed by atoms with Gasteiger partial charge in [-0.3, -0.25) is 10.1 Å². The highest BCUT2D eigenvalue weighted by Crippen LogP contribution is 2.38. The molecule has 0 radical (unpaired) electrons. The van der Waals surface area contributed by atoms with Gasteiger partial charge in [-0.2, -0.15) is 4.98 Å². The number of nitro groups is 1. The van der Waals surface area contributed by atoms with Crippen molar-refractivity contribution in [2.75, 3.05) is 19.5 Å². The second-order valence-corrected chi connectivity index (χ2v) is 5.55. The van der Waals surface area contributed by atoms with Crippen molar-refractivity contribution in [2.24, 2.45) is 0 Å². The number of hydrogen-bond donors (Lipinski definition) is 1. The number of nitrogens with zero attached hydrogens (tertiary/aromatic N) is 3. The molecule has 10 nitrogen and oxygen atoms in total. The van der Waals surface area contributed by atoms with Crippen molar-refractivity contribution >= 4 is 23.2 Å².